The van der Waals surface area contributed by atoms with Crippen LogP contribution in [0, 0.1) is 0 Å². The fourth-order valence-corrected chi connectivity index (χ4v) is 2.57. The summed E-state index contributed by atoms with van der Waals surface area (Å²) < 4.78 is 16.0. The van der Waals surface area contributed by atoms with Gasteiger partial charge in [0.25, 0.3) is 0 Å². The van der Waals surface area contributed by atoms with E-state index in [2.05, 4.69) is 35.6 Å². The van der Waals surface area contributed by atoms with Gasteiger partial charge in [0.05, 0.1) is 0 Å². The Morgan fingerprint density at radius 3 is 2.25 bits per heavy atom. The minimum Gasteiger partial charge on any atom is -0.381 e. The van der Waals surface area contributed by atoms with Crippen LogP contribution in [0.5, 0.6) is 0 Å². The molecule has 24 heavy (non-hydrogen) atoms. The molecule has 0 bridgehead atoms. The first kappa shape index (κ1) is 21.1. The third-order valence-corrected chi connectivity index (χ3v) is 4.08. The van der Waals surface area contributed by atoms with Crippen molar-refractivity contribution >= 4 is 0 Å². The van der Waals surface area contributed by atoms with Crippen LogP contribution in [0.25, 0.3) is 0 Å². The lowest BCUT2D eigenvalue weighted by Crippen LogP contribution is -2.30. The molecule has 1 aromatic rings. The van der Waals surface area contributed by atoms with Crippen molar-refractivity contribution in [3.63, 3.8) is 0 Å². The van der Waals surface area contributed by atoms with Crippen LogP contribution in [0.2, 0.25) is 0 Å². The normalized spacial score (nSPS) is 11.3. The van der Waals surface area contributed by atoms with Gasteiger partial charge >= 0.3 is 1.43 Å². The molecule has 0 aliphatic rings. The van der Waals surface area contributed by atoms with Gasteiger partial charge in [-0.15, -0.1) is 0 Å². The fraction of sp³-hybridized carbons (Fsp3) is 0.700. The smallest absolute Gasteiger partial charge is 0.381 e. The van der Waals surface area contributed by atoms with Crippen molar-refractivity contribution < 1.29 is 15.6 Å². The van der Waals surface area contributed by atoms with Crippen LogP contribution in [0.3, 0.4) is 0 Å². The number of unbranched alkanes of at least 4 members (excludes halogenated alkanes) is 4. The van der Waals surface area contributed by atoms with Crippen molar-refractivity contribution in [3.05, 3.63) is 35.9 Å². The highest BCUT2D eigenvalue weighted by Crippen LogP contribution is 2.05. The monoisotopic (exact) mass is 338 g/mol. The minimum absolute atomic E-state index is 0. The molecule has 0 radical (unpaired) electrons. The van der Waals surface area contributed by atoms with Gasteiger partial charge in [0.15, 0.2) is 6.29 Å². The van der Waals surface area contributed by atoms with Crippen LogP contribution in [0.15, 0.2) is 30.3 Å². The van der Waals surface area contributed by atoms with E-state index in [1.54, 1.807) is 14.2 Å². The Labute approximate surface area is 149 Å². The van der Waals surface area contributed by atoms with Crippen molar-refractivity contribution in [1.82, 2.24) is 5.32 Å². The van der Waals surface area contributed by atoms with E-state index in [1.807, 2.05) is 0 Å². The molecule has 0 aromatic heterocycles. The molecule has 4 nitrogen and oxygen atoms in total. The largest absolute Gasteiger partial charge is 1.00 e. The summed E-state index contributed by atoms with van der Waals surface area (Å²) in [6.45, 7) is 3.56. The van der Waals surface area contributed by atoms with Gasteiger partial charge in [0.1, 0.15) is 0 Å². The summed E-state index contributed by atoms with van der Waals surface area (Å²) in [5.74, 6) is 0. The first-order chi connectivity index (χ1) is 11.9. The summed E-state index contributed by atoms with van der Waals surface area (Å²) in [5.41, 5.74) is 1.42. The Balaban J connectivity index is 0.00000576. The first-order valence-corrected chi connectivity index (χ1v) is 9.24. The molecule has 1 rings (SSSR count). The molecule has 0 heterocycles. The maximum atomic E-state index is 5.71. The summed E-state index contributed by atoms with van der Waals surface area (Å²) in [5, 5.41) is 3.34. The maximum absolute atomic E-state index is 5.71. The molecule has 1 aromatic carbocycles. The zero-order valence-electron chi connectivity index (χ0n) is 16.5. The second kappa shape index (κ2) is 15.6. The summed E-state index contributed by atoms with van der Waals surface area (Å²) >= 11 is 0. The second-order valence-corrected chi connectivity index (χ2v) is 6.07. The van der Waals surface area contributed by atoms with Crippen molar-refractivity contribution in [2.24, 2.45) is 0 Å². The number of hydrogen-bond donors (Lipinski definition) is 1. The predicted octanol–water partition coefficient (Wildman–Crippen LogP) is 3.91. The Bertz CT molecular complexity index is 374. The van der Waals surface area contributed by atoms with Crippen molar-refractivity contribution in [3.8, 4) is 0 Å². The number of methoxy groups -OCH3 is 2. The molecule has 0 aliphatic heterocycles. The van der Waals surface area contributed by atoms with Crippen LogP contribution in [-0.2, 0) is 20.6 Å². The van der Waals surface area contributed by atoms with Gasteiger partial charge in [0.2, 0.25) is 0 Å². The fourth-order valence-electron chi connectivity index (χ4n) is 2.57. The van der Waals surface area contributed by atoms with Crippen molar-refractivity contribution in [2.75, 3.05) is 40.5 Å². The van der Waals surface area contributed by atoms with Crippen molar-refractivity contribution in [1.29, 1.82) is 0 Å². The molecular formula is C20H36NO3+. The molecule has 0 saturated carbocycles. The highest BCUT2D eigenvalue weighted by molar-refractivity contribution is 5.14. The first-order valence-electron chi connectivity index (χ1n) is 9.24. The SMILES string of the molecule is COC(CNCCCCCCOCCCCc1ccccc1)OC.[H+]. The number of ether oxygens (including phenoxy) is 3. The summed E-state index contributed by atoms with van der Waals surface area (Å²) in [4.78, 5) is 0. The molecular weight excluding hydrogens is 302 g/mol. The van der Waals surface area contributed by atoms with E-state index in [-0.39, 0.29) is 7.72 Å². The van der Waals surface area contributed by atoms with E-state index in [0.29, 0.717) is 0 Å². The maximum Gasteiger partial charge on any atom is 1.00 e. The summed E-state index contributed by atoms with van der Waals surface area (Å²) in [6, 6.07) is 10.7. The molecule has 1 N–H and O–H groups in total. The lowest BCUT2D eigenvalue weighted by molar-refractivity contribution is -0.0986. The Kier molecular flexibility index (Phi) is 13.7. The number of nitrogens with one attached hydrogen (secondary N) is 1. The van der Waals surface area contributed by atoms with Crippen LogP contribution in [0.4, 0.5) is 0 Å². The van der Waals surface area contributed by atoms with E-state index in [9.17, 15) is 0 Å². The molecule has 138 valence electrons. The van der Waals surface area contributed by atoms with Crippen LogP contribution in [-0.4, -0.2) is 46.8 Å². The number of aryl methyl sites for hydroxylation is 1. The Morgan fingerprint density at radius 1 is 0.875 bits per heavy atom. The van der Waals surface area contributed by atoms with Gasteiger partial charge in [-0.2, -0.15) is 0 Å². The van der Waals surface area contributed by atoms with Gasteiger partial charge in [-0.25, -0.2) is 0 Å². The van der Waals surface area contributed by atoms with Gasteiger partial charge in [0, 0.05) is 34.0 Å². The quantitative estimate of drug-likeness (QED) is 0.366. The van der Waals surface area contributed by atoms with E-state index in [0.717, 1.165) is 45.6 Å². The molecule has 0 fully saturated rings. The van der Waals surface area contributed by atoms with Gasteiger partial charge in [-0.1, -0.05) is 43.2 Å². The molecule has 4 heteroatoms. The molecule has 0 unspecified atom stereocenters. The molecule has 0 spiro atoms. The van der Waals surface area contributed by atoms with E-state index < -0.39 is 0 Å². The van der Waals surface area contributed by atoms with E-state index in [1.165, 1.54) is 31.2 Å². The summed E-state index contributed by atoms with van der Waals surface area (Å²) in [7, 11) is 3.33. The molecule has 0 saturated heterocycles. The standard InChI is InChI=1S/C20H35NO3/c1-22-20(23-2)18-21-15-9-3-4-10-16-24-17-11-8-14-19-12-6-5-7-13-19/h5-7,12-13,20-21H,3-4,8-11,14-18H2,1-2H3/p+1. The molecule has 0 aliphatic carbocycles. The average Bonchev–Trinajstić information content (AvgIpc) is 2.63. The van der Waals surface area contributed by atoms with Gasteiger partial charge in [-0.3, -0.25) is 0 Å². The summed E-state index contributed by atoms with van der Waals surface area (Å²) in [6.07, 6.45) is 8.22. The third-order valence-electron chi connectivity index (χ3n) is 4.08. The lowest BCUT2D eigenvalue weighted by atomic mass is 10.1. The number of hydrogen-bond acceptors (Lipinski definition) is 4. The van der Waals surface area contributed by atoms with Crippen LogP contribution in [0.1, 0.15) is 45.5 Å². The van der Waals surface area contributed by atoms with Crippen LogP contribution >= 0.6 is 0 Å². The highest BCUT2D eigenvalue weighted by atomic mass is 16.7. The predicted molar refractivity (Wildman–Crippen MR) is 100 cm³/mol. The Morgan fingerprint density at radius 2 is 1.54 bits per heavy atom. The van der Waals surface area contributed by atoms with Gasteiger partial charge in [-0.05, 0) is 44.2 Å². The van der Waals surface area contributed by atoms with Gasteiger partial charge < -0.3 is 19.5 Å². The number of benzene rings is 1. The zero-order valence-corrected chi connectivity index (χ0v) is 15.5. The van der Waals surface area contributed by atoms with Crippen molar-refractivity contribution in [2.45, 2.75) is 51.2 Å². The molecule has 0 atom stereocenters. The zero-order chi connectivity index (χ0) is 17.3. The third kappa shape index (κ3) is 11.6. The second-order valence-electron chi connectivity index (χ2n) is 6.07. The number of rotatable bonds is 16. The molecule has 0 amide bonds. The lowest BCUT2D eigenvalue weighted by Gasteiger charge is -2.13. The topological polar surface area (TPSA) is 39.7 Å². The highest BCUT2D eigenvalue weighted by Gasteiger charge is 2.02. The van der Waals surface area contributed by atoms with E-state index >= 15 is 0 Å². The average molecular weight is 339 g/mol. The van der Waals surface area contributed by atoms with Crippen LogP contribution < -0.4 is 5.32 Å². The minimum atomic E-state index is -0.139. The Hall–Kier alpha value is -0.940. The van der Waals surface area contributed by atoms with E-state index in [4.69, 9.17) is 14.2 Å².